The van der Waals surface area contributed by atoms with Crippen LogP contribution >= 0.6 is 15.9 Å². The van der Waals surface area contributed by atoms with Crippen molar-refractivity contribution in [2.45, 2.75) is 71.1 Å². The summed E-state index contributed by atoms with van der Waals surface area (Å²) in [6, 6.07) is 9.07. The Kier molecular flexibility index (Phi) is 8.52. The third kappa shape index (κ3) is 6.60. The van der Waals surface area contributed by atoms with Gasteiger partial charge in [0, 0.05) is 29.7 Å². The standard InChI is InChI=1S/C28H34BrN5O4/c1-28(2,3)19-11-18(12-20(29)13-19)23(14-25(36)37)33-27(38)22-15-31-34(24(22)16-35)10-8-21-7-6-17-5-4-9-30-26(17)32-21/h6-7,11-13,15,23,35H,4-5,8-10,14,16H2,1-3H3,(H,30,32)(H,33,38)(H,36,37). The highest BCUT2D eigenvalue weighted by Gasteiger charge is 2.25. The summed E-state index contributed by atoms with van der Waals surface area (Å²) in [5.74, 6) is -0.596. The number of amides is 1. The molecule has 0 bridgehead atoms. The zero-order chi connectivity index (χ0) is 27.4. The van der Waals surface area contributed by atoms with Gasteiger partial charge in [0.15, 0.2) is 0 Å². The van der Waals surface area contributed by atoms with Gasteiger partial charge in [0.25, 0.3) is 5.91 Å². The Bertz CT molecular complexity index is 1330. The fourth-order valence-electron chi connectivity index (χ4n) is 4.60. The number of anilines is 1. The number of halogens is 1. The number of aryl methyl sites for hydroxylation is 3. The second-order valence-corrected chi connectivity index (χ2v) is 11.5. The largest absolute Gasteiger partial charge is 0.481 e. The van der Waals surface area contributed by atoms with Crippen molar-refractivity contribution < 1.29 is 19.8 Å². The first kappa shape index (κ1) is 27.8. The van der Waals surface area contributed by atoms with E-state index >= 15 is 0 Å². The maximum absolute atomic E-state index is 13.3. The number of nitrogens with one attached hydrogen (secondary N) is 2. The summed E-state index contributed by atoms with van der Waals surface area (Å²) in [5, 5.41) is 30.2. The first-order chi connectivity index (χ1) is 18.0. The molecule has 0 radical (unpaired) electrons. The molecule has 4 rings (SSSR count). The third-order valence-electron chi connectivity index (χ3n) is 6.75. The van der Waals surface area contributed by atoms with Crippen LogP contribution < -0.4 is 10.6 Å². The quantitative estimate of drug-likeness (QED) is 0.294. The second-order valence-electron chi connectivity index (χ2n) is 10.6. The molecule has 10 heteroatoms. The number of carbonyl (C=O) groups is 2. The fourth-order valence-corrected chi connectivity index (χ4v) is 5.11. The van der Waals surface area contributed by atoms with E-state index in [2.05, 4.69) is 58.5 Å². The number of aromatic nitrogens is 3. The first-order valence-corrected chi connectivity index (χ1v) is 13.6. The summed E-state index contributed by atoms with van der Waals surface area (Å²) in [7, 11) is 0. The van der Waals surface area contributed by atoms with Crippen LogP contribution in [0.3, 0.4) is 0 Å². The molecule has 3 heterocycles. The van der Waals surface area contributed by atoms with Crippen molar-refractivity contribution in [3.8, 4) is 0 Å². The minimum absolute atomic E-state index is 0.162. The van der Waals surface area contributed by atoms with Crippen LogP contribution in [-0.2, 0) is 36.2 Å². The number of aliphatic carboxylic acids is 1. The van der Waals surface area contributed by atoms with Crippen LogP contribution in [0.4, 0.5) is 5.82 Å². The van der Waals surface area contributed by atoms with Crippen LogP contribution in [0.2, 0.25) is 0 Å². The third-order valence-corrected chi connectivity index (χ3v) is 7.21. The lowest BCUT2D eigenvalue weighted by molar-refractivity contribution is -0.137. The second kappa shape index (κ2) is 11.7. The van der Waals surface area contributed by atoms with E-state index in [0.717, 1.165) is 40.9 Å². The van der Waals surface area contributed by atoms with Crippen LogP contribution in [-0.4, -0.2) is 43.4 Å². The van der Waals surface area contributed by atoms with Crippen LogP contribution in [0.5, 0.6) is 0 Å². The van der Waals surface area contributed by atoms with E-state index in [-0.39, 0.29) is 24.0 Å². The number of hydrogen-bond acceptors (Lipinski definition) is 6. The maximum Gasteiger partial charge on any atom is 0.305 e. The van der Waals surface area contributed by atoms with E-state index in [0.29, 0.717) is 24.2 Å². The SMILES string of the molecule is CC(C)(C)c1cc(Br)cc(C(CC(=O)O)NC(=O)c2cnn(CCc3ccc4c(n3)NCCC4)c2CO)c1. The normalized spacial score (nSPS) is 13.9. The Morgan fingerprint density at radius 3 is 2.74 bits per heavy atom. The van der Waals surface area contributed by atoms with Gasteiger partial charge in [0.2, 0.25) is 0 Å². The molecule has 4 N–H and O–H groups in total. The number of fused-ring (bicyclic) bond motifs is 1. The number of hydrogen-bond donors (Lipinski definition) is 4. The minimum Gasteiger partial charge on any atom is -0.481 e. The molecule has 1 aliphatic heterocycles. The Morgan fingerprint density at radius 1 is 1.24 bits per heavy atom. The van der Waals surface area contributed by atoms with Gasteiger partial charge in [-0.2, -0.15) is 5.10 Å². The highest BCUT2D eigenvalue weighted by molar-refractivity contribution is 9.10. The average Bonchev–Trinajstić information content (AvgIpc) is 3.29. The zero-order valence-electron chi connectivity index (χ0n) is 21.9. The number of carbonyl (C=O) groups excluding carboxylic acids is 1. The number of carboxylic acids is 1. The van der Waals surface area contributed by atoms with Crippen molar-refractivity contribution in [3.63, 3.8) is 0 Å². The Morgan fingerprint density at radius 2 is 2.03 bits per heavy atom. The minimum atomic E-state index is -1.03. The monoisotopic (exact) mass is 583 g/mol. The topological polar surface area (TPSA) is 129 Å². The van der Waals surface area contributed by atoms with E-state index in [4.69, 9.17) is 4.98 Å². The number of carboxylic acid groups (broad SMARTS) is 1. The van der Waals surface area contributed by atoms with Gasteiger partial charge < -0.3 is 20.8 Å². The van der Waals surface area contributed by atoms with Crippen LogP contribution in [0.1, 0.15) is 78.1 Å². The molecule has 1 aromatic carbocycles. The predicted octanol–water partition coefficient (Wildman–Crippen LogP) is 4.38. The van der Waals surface area contributed by atoms with Gasteiger partial charge in [-0.1, -0.05) is 48.8 Å². The molecule has 1 unspecified atom stereocenters. The maximum atomic E-state index is 13.3. The molecule has 1 atom stereocenters. The number of pyridine rings is 1. The number of nitrogens with zero attached hydrogens (tertiary/aromatic N) is 3. The summed E-state index contributed by atoms with van der Waals surface area (Å²) in [6.07, 6.45) is 3.83. The first-order valence-electron chi connectivity index (χ1n) is 12.8. The molecule has 0 saturated heterocycles. The lowest BCUT2D eigenvalue weighted by Crippen LogP contribution is -2.31. The molecular formula is C28H34BrN5O4. The van der Waals surface area contributed by atoms with Crippen molar-refractivity contribution in [2.24, 2.45) is 0 Å². The predicted molar refractivity (Wildman–Crippen MR) is 148 cm³/mol. The molecular weight excluding hydrogens is 550 g/mol. The number of aliphatic hydroxyl groups excluding tert-OH is 1. The molecule has 9 nitrogen and oxygen atoms in total. The van der Waals surface area contributed by atoms with Gasteiger partial charge in [0.05, 0.1) is 36.5 Å². The van der Waals surface area contributed by atoms with Crippen molar-refractivity contribution >= 4 is 33.6 Å². The Hall–Kier alpha value is -3.24. The summed E-state index contributed by atoms with van der Waals surface area (Å²) < 4.78 is 2.41. The van der Waals surface area contributed by atoms with Crippen molar-refractivity contribution in [1.82, 2.24) is 20.1 Å². The highest BCUT2D eigenvalue weighted by Crippen LogP contribution is 2.30. The number of benzene rings is 1. The Balaban J connectivity index is 1.53. The molecule has 202 valence electrons. The average molecular weight is 585 g/mol. The van der Waals surface area contributed by atoms with Crippen LogP contribution in [0.25, 0.3) is 0 Å². The van der Waals surface area contributed by atoms with Gasteiger partial charge in [-0.05, 0) is 53.1 Å². The number of aliphatic hydroxyl groups is 1. The van der Waals surface area contributed by atoms with Gasteiger partial charge in [-0.25, -0.2) is 4.98 Å². The molecule has 0 aliphatic carbocycles. The van der Waals surface area contributed by atoms with E-state index < -0.39 is 17.9 Å². The van der Waals surface area contributed by atoms with E-state index in [1.165, 1.54) is 11.8 Å². The van der Waals surface area contributed by atoms with Crippen LogP contribution in [0.15, 0.2) is 41.0 Å². The van der Waals surface area contributed by atoms with E-state index in [1.54, 1.807) is 4.68 Å². The van der Waals surface area contributed by atoms with Crippen molar-refractivity contribution in [1.29, 1.82) is 0 Å². The lowest BCUT2D eigenvalue weighted by atomic mass is 9.85. The van der Waals surface area contributed by atoms with Gasteiger partial charge in [-0.15, -0.1) is 0 Å². The smallest absolute Gasteiger partial charge is 0.305 e. The molecule has 2 aromatic heterocycles. The molecule has 3 aromatic rings. The molecule has 1 aliphatic rings. The summed E-state index contributed by atoms with van der Waals surface area (Å²) >= 11 is 3.52. The highest BCUT2D eigenvalue weighted by atomic mass is 79.9. The molecule has 0 saturated carbocycles. The zero-order valence-corrected chi connectivity index (χ0v) is 23.5. The van der Waals surface area contributed by atoms with Gasteiger partial charge in [-0.3, -0.25) is 14.3 Å². The number of rotatable bonds is 9. The fraction of sp³-hybridized carbons (Fsp3) is 0.429. The molecule has 0 fully saturated rings. The molecule has 38 heavy (non-hydrogen) atoms. The van der Waals surface area contributed by atoms with Crippen molar-refractivity contribution in [2.75, 3.05) is 11.9 Å². The van der Waals surface area contributed by atoms with Gasteiger partial charge in [0.1, 0.15) is 5.82 Å². The van der Waals surface area contributed by atoms with Gasteiger partial charge >= 0.3 is 5.97 Å². The molecule has 1 amide bonds. The van der Waals surface area contributed by atoms with Crippen molar-refractivity contribution in [3.05, 3.63) is 74.6 Å². The summed E-state index contributed by atoms with van der Waals surface area (Å²) in [6.45, 7) is 7.19. The Labute approximate surface area is 230 Å². The van der Waals surface area contributed by atoms with E-state index in [1.807, 2.05) is 24.3 Å². The van der Waals surface area contributed by atoms with E-state index in [9.17, 15) is 19.8 Å². The lowest BCUT2D eigenvalue weighted by Gasteiger charge is -2.24. The molecule has 0 spiro atoms. The summed E-state index contributed by atoms with van der Waals surface area (Å²) in [4.78, 5) is 29.7. The summed E-state index contributed by atoms with van der Waals surface area (Å²) in [5.41, 5.74) is 4.24. The van der Waals surface area contributed by atoms with Crippen LogP contribution in [0, 0.1) is 0 Å².